The molecule has 0 amide bonds. The van der Waals surface area contributed by atoms with Crippen molar-refractivity contribution in [3.05, 3.63) is 5.89 Å². The van der Waals surface area contributed by atoms with Crippen LogP contribution in [0.3, 0.4) is 0 Å². The zero-order valence-electron chi connectivity index (χ0n) is 9.05. The monoisotopic (exact) mass is 208 g/mol. The molecule has 3 aliphatic rings. The summed E-state index contributed by atoms with van der Waals surface area (Å²) in [4.78, 5) is 2.17. The summed E-state index contributed by atoms with van der Waals surface area (Å²) in [5.41, 5.74) is 6.07. The third kappa shape index (κ3) is 1.19. The second-order valence-electron chi connectivity index (χ2n) is 4.77. The van der Waals surface area contributed by atoms with Crippen LogP contribution in [0.15, 0.2) is 4.42 Å². The lowest BCUT2D eigenvalue weighted by Gasteiger charge is -2.56. The summed E-state index contributed by atoms with van der Waals surface area (Å²) in [6.07, 6.45) is 0. The van der Waals surface area contributed by atoms with Gasteiger partial charge in [-0.3, -0.25) is 0 Å². The van der Waals surface area contributed by atoms with Crippen molar-refractivity contribution in [3.8, 4) is 0 Å². The predicted octanol–water partition coefficient (Wildman–Crippen LogP) is 0.407. The maximum Gasteiger partial charge on any atom is 0.318 e. The summed E-state index contributed by atoms with van der Waals surface area (Å²) in [5, 5.41) is 7.89. The summed E-state index contributed by atoms with van der Waals surface area (Å²) in [7, 11) is 0. The molecule has 2 aliphatic heterocycles. The quantitative estimate of drug-likeness (QED) is 0.724. The van der Waals surface area contributed by atoms with Gasteiger partial charge in [-0.15, -0.1) is 5.10 Å². The molecular formula is C10H16N4O. The standard InChI is InChI=1S/C10H16N4O/c1-5-7-3-14(4-8(5)9(7)11)10-13-12-6(2)15-10/h5,7-9H,3-4,11H2,1-2H3. The van der Waals surface area contributed by atoms with Gasteiger partial charge in [-0.1, -0.05) is 12.0 Å². The van der Waals surface area contributed by atoms with Crippen LogP contribution in [0.25, 0.3) is 0 Å². The fourth-order valence-corrected chi connectivity index (χ4v) is 2.92. The summed E-state index contributed by atoms with van der Waals surface area (Å²) in [6.45, 7) is 6.02. The van der Waals surface area contributed by atoms with Crippen LogP contribution in [0, 0.1) is 24.7 Å². The third-order valence-corrected chi connectivity index (χ3v) is 3.99. The molecule has 3 fully saturated rings. The smallest absolute Gasteiger partial charge is 0.318 e. The van der Waals surface area contributed by atoms with E-state index in [1.54, 1.807) is 0 Å². The van der Waals surface area contributed by atoms with Gasteiger partial charge in [0, 0.05) is 26.1 Å². The van der Waals surface area contributed by atoms with Crippen molar-refractivity contribution in [3.63, 3.8) is 0 Å². The van der Waals surface area contributed by atoms with Gasteiger partial charge in [-0.05, 0) is 17.8 Å². The first kappa shape index (κ1) is 9.15. The average molecular weight is 208 g/mol. The van der Waals surface area contributed by atoms with Gasteiger partial charge in [0.15, 0.2) is 0 Å². The van der Waals surface area contributed by atoms with Crippen molar-refractivity contribution in [1.82, 2.24) is 10.2 Å². The first-order chi connectivity index (χ1) is 7.16. The van der Waals surface area contributed by atoms with Crippen LogP contribution in [-0.4, -0.2) is 29.3 Å². The van der Waals surface area contributed by atoms with Gasteiger partial charge in [-0.2, -0.15) is 0 Å². The second kappa shape index (κ2) is 2.95. The fraction of sp³-hybridized carbons (Fsp3) is 0.800. The lowest BCUT2D eigenvalue weighted by atomic mass is 9.59. The Kier molecular flexibility index (Phi) is 1.80. The molecule has 3 heterocycles. The number of nitrogens with two attached hydrogens (primary N) is 1. The number of hydrogen-bond acceptors (Lipinski definition) is 5. The largest absolute Gasteiger partial charge is 0.408 e. The minimum absolute atomic E-state index is 0.375. The topological polar surface area (TPSA) is 68.2 Å². The molecule has 2 atom stereocenters. The first-order valence-electron chi connectivity index (χ1n) is 5.47. The normalized spacial score (nSPS) is 39.0. The molecule has 0 radical (unpaired) electrons. The van der Waals surface area contributed by atoms with Gasteiger partial charge in [0.2, 0.25) is 5.89 Å². The Hall–Kier alpha value is -1.10. The Labute approximate surface area is 88.6 Å². The van der Waals surface area contributed by atoms with Crippen molar-refractivity contribution in [1.29, 1.82) is 0 Å². The van der Waals surface area contributed by atoms with E-state index in [2.05, 4.69) is 22.0 Å². The van der Waals surface area contributed by atoms with E-state index in [-0.39, 0.29) is 0 Å². The van der Waals surface area contributed by atoms with Crippen LogP contribution in [0.5, 0.6) is 0 Å². The summed E-state index contributed by atoms with van der Waals surface area (Å²) in [5.74, 6) is 2.56. The Morgan fingerprint density at radius 2 is 2.00 bits per heavy atom. The molecule has 2 bridgehead atoms. The van der Waals surface area contributed by atoms with Crippen LogP contribution < -0.4 is 10.6 Å². The van der Waals surface area contributed by atoms with Crippen molar-refractivity contribution in [2.75, 3.05) is 18.0 Å². The second-order valence-corrected chi connectivity index (χ2v) is 4.77. The molecule has 1 aliphatic carbocycles. The molecule has 1 saturated carbocycles. The van der Waals surface area contributed by atoms with E-state index >= 15 is 0 Å². The number of anilines is 1. The first-order valence-corrected chi connectivity index (χ1v) is 5.47. The van der Waals surface area contributed by atoms with Crippen molar-refractivity contribution < 1.29 is 4.42 Å². The van der Waals surface area contributed by atoms with Gasteiger partial charge < -0.3 is 15.1 Å². The Morgan fingerprint density at radius 1 is 1.33 bits per heavy atom. The van der Waals surface area contributed by atoms with E-state index in [4.69, 9.17) is 10.2 Å². The van der Waals surface area contributed by atoms with E-state index in [0.29, 0.717) is 29.8 Å². The van der Waals surface area contributed by atoms with E-state index in [1.165, 1.54) is 0 Å². The van der Waals surface area contributed by atoms with Crippen LogP contribution in [0.4, 0.5) is 6.01 Å². The number of hydrogen-bond donors (Lipinski definition) is 1. The SMILES string of the molecule is Cc1nnc(N2CC3C(C)C(C2)C3N)o1. The molecule has 1 aromatic rings. The third-order valence-electron chi connectivity index (χ3n) is 3.99. The van der Waals surface area contributed by atoms with Gasteiger partial charge in [0.1, 0.15) is 0 Å². The molecular weight excluding hydrogens is 192 g/mol. The molecule has 4 rings (SSSR count). The maximum absolute atomic E-state index is 6.07. The van der Waals surface area contributed by atoms with Crippen molar-refractivity contribution >= 4 is 6.01 Å². The molecule has 5 nitrogen and oxygen atoms in total. The van der Waals surface area contributed by atoms with E-state index in [9.17, 15) is 0 Å². The van der Waals surface area contributed by atoms with Gasteiger partial charge in [0.25, 0.3) is 0 Å². The fourth-order valence-electron chi connectivity index (χ4n) is 2.92. The van der Waals surface area contributed by atoms with Crippen LogP contribution >= 0.6 is 0 Å². The van der Waals surface area contributed by atoms with Gasteiger partial charge >= 0.3 is 6.01 Å². The molecule has 2 unspecified atom stereocenters. The van der Waals surface area contributed by atoms with E-state index < -0.39 is 0 Å². The van der Waals surface area contributed by atoms with E-state index in [0.717, 1.165) is 19.0 Å². The average Bonchev–Trinajstić information content (AvgIpc) is 2.67. The van der Waals surface area contributed by atoms with Crippen LogP contribution in [0.1, 0.15) is 12.8 Å². The molecule has 82 valence electrons. The van der Waals surface area contributed by atoms with Crippen LogP contribution in [-0.2, 0) is 0 Å². The highest BCUT2D eigenvalue weighted by Gasteiger charge is 2.51. The van der Waals surface area contributed by atoms with E-state index in [1.807, 2.05) is 6.92 Å². The molecule has 0 spiro atoms. The number of aryl methyl sites for hydroxylation is 1. The number of piperidine rings is 2. The summed E-state index contributed by atoms with van der Waals surface area (Å²) >= 11 is 0. The Bertz CT molecular complexity index is 353. The Morgan fingerprint density at radius 3 is 2.47 bits per heavy atom. The highest BCUT2D eigenvalue weighted by molar-refractivity contribution is 5.30. The zero-order chi connectivity index (χ0) is 10.6. The highest BCUT2D eigenvalue weighted by Crippen LogP contribution is 2.44. The molecule has 2 saturated heterocycles. The van der Waals surface area contributed by atoms with Gasteiger partial charge in [-0.25, -0.2) is 0 Å². The predicted molar refractivity (Wildman–Crippen MR) is 55.4 cm³/mol. The molecule has 15 heavy (non-hydrogen) atoms. The zero-order valence-corrected chi connectivity index (χ0v) is 9.05. The Balaban J connectivity index is 1.77. The van der Waals surface area contributed by atoms with Crippen molar-refractivity contribution in [2.24, 2.45) is 23.5 Å². The lowest BCUT2D eigenvalue weighted by molar-refractivity contribution is 0.0274. The summed E-state index contributed by atoms with van der Waals surface area (Å²) in [6, 6.07) is 1.03. The number of aromatic nitrogens is 2. The molecule has 2 N–H and O–H groups in total. The lowest BCUT2D eigenvalue weighted by Crippen LogP contribution is -2.67. The molecule has 0 aromatic carbocycles. The minimum Gasteiger partial charge on any atom is -0.408 e. The van der Waals surface area contributed by atoms with Crippen LogP contribution in [0.2, 0.25) is 0 Å². The molecule has 1 aromatic heterocycles. The minimum atomic E-state index is 0.375. The number of rotatable bonds is 1. The number of fused-ring (bicyclic) bond motifs is 2. The molecule has 5 heteroatoms. The van der Waals surface area contributed by atoms with Crippen molar-refractivity contribution in [2.45, 2.75) is 19.9 Å². The highest BCUT2D eigenvalue weighted by atomic mass is 16.4. The van der Waals surface area contributed by atoms with Gasteiger partial charge in [0.05, 0.1) is 0 Å². The maximum atomic E-state index is 6.07. The number of nitrogens with zero attached hydrogens (tertiary/aromatic N) is 3. The summed E-state index contributed by atoms with van der Waals surface area (Å²) < 4.78 is 5.43.